The number of carboxylic acids is 1. The van der Waals surface area contributed by atoms with Gasteiger partial charge in [-0.3, -0.25) is 24.0 Å². The van der Waals surface area contributed by atoms with Gasteiger partial charge in [0.1, 0.15) is 24.2 Å². The maximum atomic E-state index is 13.6. The van der Waals surface area contributed by atoms with E-state index >= 15 is 0 Å². The molecule has 6 amide bonds. The fourth-order valence-electron chi connectivity index (χ4n) is 4.63. The fourth-order valence-corrected chi connectivity index (χ4v) is 4.76. The number of benzene rings is 2. The van der Waals surface area contributed by atoms with Crippen molar-refractivity contribution in [1.82, 2.24) is 26.3 Å². The van der Waals surface area contributed by atoms with Crippen LogP contribution in [0.5, 0.6) is 0 Å². The highest BCUT2D eigenvalue weighted by Gasteiger charge is 2.31. The normalized spacial score (nSPS) is 13.6. The Hall–Kier alpha value is -5.11. The highest BCUT2D eigenvalue weighted by atomic mass is 35.5. The number of H-pyrrole nitrogens is 1. The zero-order valence-electron chi connectivity index (χ0n) is 25.6. The molecular weight excluding hydrogens is 618 g/mol. The molecule has 1 heterocycles. The monoisotopic (exact) mass is 655 g/mol. The lowest BCUT2D eigenvalue weighted by Gasteiger charge is -2.26. The molecular formula is C31H38ClN7O7. The number of primary amides is 1. The van der Waals surface area contributed by atoms with Crippen LogP contribution in [0.25, 0.3) is 10.9 Å². The van der Waals surface area contributed by atoms with E-state index in [0.717, 1.165) is 10.9 Å². The number of fused-ring (bicyclic) bond motifs is 1. The van der Waals surface area contributed by atoms with Gasteiger partial charge in [-0.15, -0.1) is 0 Å². The number of aromatic amines is 1. The lowest BCUT2D eigenvalue weighted by atomic mass is 10.00. The number of carbonyl (C=O) groups excluding carboxylic acids is 5. The van der Waals surface area contributed by atoms with Gasteiger partial charge in [0.05, 0.1) is 6.42 Å². The average Bonchev–Trinajstić information content (AvgIpc) is 3.39. The van der Waals surface area contributed by atoms with E-state index in [-0.39, 0.29) is 18.8 Å². The second-order valence-corrected chi connectivity index (χ2v) is 11.6. The van der Waals surface area contributed by atoms with E-state index in [2.05, 4.69) is 31.6 Å². The van der Waals surface area contributed by atoms with Crippen LogP contribution in [0.1, 0.15) is 39.2 Å². The SMILES string of the molecule is CC(C)CC(NC(=O)C(C)NC(=O)Nc1ccc(Cl)cc1)C(=O)NC(Cc1c[nH]c2ccccc12)C(=O)NC(CC(=O)O)C(N)=O. The number of nitrogens with one attached hydrogen (secondary N) is 6. The van der Waals surface area contributed by atoms with Crippen molar-refractivity contribution in [1.29, 1.82) is 0 Å². The Morgan fingerprint density at radius 1 is 0.826 bits per heavy atom. The molecule has 0 radical (unpaired) electrons. The summed E-state index contributed by atoms with van der Waals surface area (Å²) in [5, 5.41) is 23.2. The standard InChI is InChI=1S/C31H38ClN7O7/c1-16(2)12-24(38-28(43)17(3)35-31(46)36-20-10-8-19(32)9-11-20)29(44)39-25(30(45)37-23(27(33)42)14-26(40)41)13-18-15-34-22-7-5-4-6-21(18)22/h4-11,15-17,23-25,34H,12-14H2,1-3H3,(H2,33,42)(H,37,45)(H,38,43)(H,39,44)(H,40,41)(H2,35,36,46). The molecule has 4 atom stereocenters. The number of hydrogen-bond donors (Lipinski definition) is 8. The fraction of sp³-hybridized carbons (Fsp3) is 0.355. The topological polar surface area (TPSA) is 225 Å². The Kier molecular flexibility index (Phi) is 12.5. The third kappa shape index (κ3) is 10.5. The molecule has 0 saturated carbocycles. The predicted molar refractivity (Wildman–Crippen MR) is 172 cm³/mol. The van der Waals surface area contributed by atoms with E-state index in [1.807, 2.05) is 38.1 Å². The van der Waals surface area contributed by atoms with Gasteiger partial charge in [-0.2, -0.15) is 0 Å². The number of halogens is 1. The summed E-state index contributed by atoms with van der Waals surface area (Å²) in [5.74, 6) is -4.67. The Balaban J connectivity index is 1.77. The molecule has 246 valence electrons. The van der Waals surface area contributed by atoms with Crippen LogP contribution in [-0.4, -0.2) is 69.9 Å². The van der Waals surface area contributed by atoms with Crippen LogP contribution in [0.4, 0.5) is 10.5 Å². The summed E-state index contributed by atoms with van der Waals surface area (Å²) in [6.07, 6.45) is 1.07. The first-order valence-corrected chi connectivity index (χ1v) is 14.9. The molecule has 0 saturated heterocycles. The lowest BCUT2D eigenvalue weighted by Crippen LogP contribution is -2.58. The largest absolute Gasteiger partial charge is 0.481 e. The van der Waals surface area contributed by atoms with Gasteiger partial charge in [0.25, 0.3) is 0 Å². The van der Waals surface area contributed by atoms with E-state index in [1.165, 1.54) is 6.92 Å². The first kappa shape index (κ1) is 35.4. The minimum absolute atomic E-state index is 0.0364. The first-order valence-electron chi connectivity index (χ1n) is 14.5. The van der Waals surface area contributed by atoms with Crippen LogP contribution in [-0.2, 0) is 30.4 Å². The molecule has 3 aromatic rings. The summed E-state index contributed by atoms with van der Waals surface area (Å²) >= 11 is 5.87. The third-order valence-corrected chi connectivity index (χ3v) is 7.21. The number of urea groups is 1. The molecule has 0 bridgehead atoms. The molecule has 0 aliphatic carbocycles. The molecule has 0 aliphatic rings. The van der Waals surface area contributed by atoms with Gasteiger partial charge in [-0.05, 0) is 55.2 Å². The highest BCUT2D eigenvalue weighted by Crippen LogP contribution is 2.20. The van der Waals surface area contributed by atoms with Crippen LogP contribution in [0.2, 0.25) is 5.02 Å². The second-order valence-electron chi connectivity index (χ2n) is 11.2. The van der Waals surface area contributed by atoms with E-state index < -0.39 is 66.2 Å². The lowest BCUT2D eigenvalue weighted by molar-refractivity contribution is -0.140. The third-order valence-electron chi connectivity index (χ3n) is 6.95. The Bertz CT molecular complexity index is 1570. The summed E-state index contributed by atoms with van der Waals surface area (Å²) in [7, 11) is 0. The van der Waals surface area contributed by atoms with E-state index in [1.54, 1.807) is 30.5 Å². The number of nitrogens with two attached hydrogens (primary N) is 1. The van der Waals surface area contributed by atoms with Crippen LogP contribution in [0.3, 0.4) is 0 Å². The van der Waals surface area contributed by atoms with Crippen LogP contribution < -0.4 is 32.3 Å². The second kappa shape index (κ2) is 16.3. The summed E-state index contributed by atoms with van der Waals surface area (Å²) in [6, 6.07) is 8.04. The molecule has 0 fully saturated rings. The molecule has 14 nitrogen and oxygen atoms in total. The van der Waals surface area contributed by atoms with Crippen molar-refractivity contribution in [3.05, 3.63) is 65.3 Å². The van der Waals surface area contributed by atoms with Crippen molar-refractivity contribution in [2.24, 2.45) is 11.7 Å². The number of anilines is 1. The summed E-state index contributed by atoms with van der Waals surface area (Å²) in [6.45, 7) is 5.13. The van der Waals surface area contributed by atoms with Gasteiger partial charge in [0, 0.05) is 34.2 Å². The molecule has 9 N–H and O–H groups in total. The van der Waals surface area contributed by atoms with Crippen molar-refractivity contribution >= 4 is 63.8 Å². The van der Waals surface area contributed by atoms with Gasteiger partial charge < -0.3 is 42.4 Å². The van der Waals surface area contributed by atoms with Crippen molar-refractivity contribution < 1.29 is 33.9 Å². The Morgan fingerprint density at radius 2 is 1.43 bits per heavy atom. The predicted octanol–water partition coefficient (Wildman–Crippen LogP) is 2.03. The number of carbonyl (C=O) groups is 6. The molecule has 0 aliphatic heterocycles. The van der Waals surface area contributed by atoms with E-state index in [0.29, 0.717) is 16.3 Å². The van der Waals surface area contributed by atoms with Crippen molar-refractivity contribution in [3.8, 4) is 0 Å². The molecule has 2 aromatic carbocycles. The number of carboxylic acid groups (broad SMARTS) is 1. The van der Waals surface area contributed by atoms with E-state index in [4.69, 9.17) is 17.3 Å². The maximum absolute atomic E-state index is 13.6. The number of rotatable bonds is 15. The molecule has 4 unspecified atom stereocenters. The maximum Gasteiger partial charge on any atom is 0.319 e. The van der Waals surface area contributed by atoms with Gasteiger partial charge in [-0.1, -0.05) is 43.6 Å². The molecule has 46 heavy (non-hydrogen) atoms. The molecule has 3 rings (SSSR count). The van der Waals surface area contributed by atoms with Crippen LogP contribution >= 0.6 is 11.6 Å². The number of aromatic nitrogens is 1. The summed E-state index contributed by atoms with van der Waals surface area (Å²) < 4.78 is 0. The van der Waals surface area contributed by atoms with Gasteiger partial charge in [-0.25, -0.2) is 4.79 Å². The van der Waals surface area contributed by atoms with Gasteiger partial charge in [0.2, 0.25) is 23.6 Å². The van der Waals surface area contributed by atoms with Crippen molar-refractivity contribution in [3.63, 3.8) is 0 Å². The van der Waals surface area contributed by atoms with Gasteiger partial charge in [0.15, 0.2) is 0 Å². The zero-order chi connectivity index (χ0) is 34.0. The summed E-state index contributed by atoms with van der Waals surface area (Å²) in [5.41, 5.74) is 7.22. The van der Waals surface area contributed by atoms with Gasteiger partial charge >= 0.3 is 12.0 Å². The minimum atomic E-state index is -1.52. The van der Waals surface area contributed by atoms with Crippen molar-refractivity contribution in [2.45, 2.75) is 64.2 Å². The Morgan fingerprint density at radius 3 is 2.07 bits per heavy atom. The molecule has 15 heteroatoms. The summed E-state index contributed by atoms with van der Waals surface area (Å²) in [4.78, 5) is 78.8. The van der Waals surface area contributed by atoms with Crippen LogP contribution in [0, 0.1) is 5.92 Å². The van der Waals surface area contributed by atoms with Crippen LogP contribution in [0.15, 0.2) is 54.7 Å². The Labute approximate surface area is 270 Å². The number of amides is 6. The zero-order valence-corrected chi connectivity index (χ0v) is 26.3. The number of para-hydroxylation sites is 1. The minimum Gasteiger partial charge on any atom is -0.481 e. The number of aliphatic carboxylic acids is 1. The number of hydrogen-bond acceptors (Lipinski definition) is 6. The molecule has 1 aromatic heterocycles. The highest BCUT2D eigenvalue weighted by molar-refractivity contribution is 6.30. The average molecular weight is 656 g/mol. The molecule has 0 spiro atoms. The van der Waals surface area contributed by atoms with E-state index in [9.17, 15) is 33.9 Å². The first-order chi connectivity index (χ1) is 21.7. The van der Waals surface area contributed by atoms with Crippen molar-refractivity contribution in [2.75, 3.05) is 5.32 Å². The quantitative estimate of drug-likeness (QED) is 0.121. The smallest absolute Gasteiger partial charge is 0.319 e.